The van der Waals surface area contributed by atoms with Crippen LogP contribution in [-0.2, 0) is 4.74 Å². The minimum Gasteiger partial charge on any atom is -0.455 e. The molecule has 30 heavy (non-hydrogen) atoms. The van der Waals surface area contributed by atoms with E-state index in [0.717, 1.165) is 12.8 Å². The van der Waals surface area contributed by atoms with Crippen molar-refractivity contribution in [1.82, 2.24) is 19.8 Å². The second-order valence-corrected chi connectivity index (χ2v) is 7.48. The van der Waals surface area contributed by atoms with Crippen molar-refractivity contribution >= 4 is 29.5 Å². The molecule has 0 unspecified atom stereocenters. The number of ether oxygens (including phenoxy) is 2. The van der Waals surface area contributed by atoms with Crippen LogP contribution in [0.2, 0.25) is 5.15 Å². The van der Waals surface area contributed by atoms with Gasteiger partial charge in [0.05, 0.1) is 5.69 Å². The second kappa shape index (κ2) is 8.85. The van der Waals surface area contributed by atoms with E-state index in [1.807, 2.05) is 0 Å². The third kappa shape index (κ3) is 4.47. The van der Waals surface area contributed by atoms with E-state index in [0.29, 0.717) is 54.5 Å². The molecular formula is C20H22ClN5O4. The Kier molecular flexibility index (Phi) is 6.01. The summed E-state index contributed by atoms with van der Waals surface area (Å²) in [4.78, 5) is 36.6. The monoisotopic (exact) mass is 431 g/mol. The van der Waals surface area contributed by atoms with Gasteiger partial charge in [-0.25, -0.2) is 24.5 Å². The Morgan fingerprint density at radius 1 is 1.27 bits per heavy atom. The summed E-state index contributed by atoms with van der Waals surface area (Å²) < 4.78 is 11.1. The van der Waals surface area contributed by atoms with E-state index >= 15 is 0 Å². The lowest BCUT2D eigenvalue weighted by Gasteiger charge is -2.30. The van der Waals surface area contributed by atoms with Crippen LogP contribution >= 0.6 is 11.6 Å². The standard InChI is InChI=1S/C20H22ClN5O4/c1-13-16(30-15-4-7-22-17(21)12-15)2-3-18(23-13)24-19(27)26-9-8-25(20(26)28)14-5-10-29-11-6-14/h2-4,7,12,14H,5-6,8-11H2,1H3,(H,23,24,27). The molecule has 2 saturated heterocycles. The summed E-state index contributed by atoms with van der Waals surface area (Å²) in [6.45, 7) is 3.94. The lowest BCUT2D eigenvalue weighted by Crippen LogP contribution is -2.44. The van der Waals surface area contributed by atoms with Crippen LogP contribution in [0.15, 0.2) is 30.5 Å². The molecule has 2 aromatic heterocycles. The summed E-state index contributed by atoms with van der Waals surface area (Å²) in [6, 6.07) is 5.97. The quantitative estimate of drug-likeness (QED) is 0.741. The van der Waals surface area contributed by atoms with Gasteiger partial charge in [0.25, 0.3) is 0 Å². The van der Waals surface area contributed by atoms with Crippen molar-refractivity contribution in [2.24, 2.45) is 0 Å². The molecule has 10 heteroatoms. The molecule has 1 N–H and O–H groups in total. The number of hydrogen-bond acceptors (Lipinski definition) is 6. The Balaban J connectivity index is 1.38. The molecule has 4 amide bonds. The number of imide groups is 1. The van der Waals surface area contributed by atoms with Gasteiger partial charge < -0.3 is 14.4 Å². The van der Waals surface area contributed by atoms with Crippen molar-refractivity contribution in [2.45, 2.75) is 25.8 Å². The van der Waals surface area contributed by atoms with Crippen LogP contribution in [0.1, 0.15) is 18.5 Å². The molecular weight excluding hydrogens is 410 g/mol. The number of nitrogens with one attached hydrogen (secondary N) is 1. The lowest BCUT2D eigenvalue weighted by atomic mass is 10.1. The van der Waals surface area contributed by atoms with E-state index in [1.54, 1.807) is 42.3 Å². The molecule has 2 aliphatic heterocycles. The minimum atomic E-state index is -0.490. The number of carbonyl (C=O) groups excluding carboxylic acids is 2. The van der Waals surface area contributed by atoms with Gasteiger partial charge in [0, 0.05) is 44.6 Å². The second-order valence-electron chi connectivity index (χ2n) is 7.10. The third-order valence-electron chi connectivity index (χ3n) is 5.12. The van der Waals surface area contributed by atoms with Gasteiger partial charge in [0.2, 0.25) is 0 Å². The van der Waals surface area contributed by atoms with Crippen LogP contribution in [-0.4, -0.2) is 64.2 Å². The van der Waals surface area contributed by atoms with Gasteiger partial charge in [-0.1, -0.05) is 11.6 Å². The summed E-state index contributed by atoms with van der Waals surface area (Å²) in [6.07, 6.45) is 3.14. The van der Waals surface area contributed by atoms with Crippen molar-refractivity contribution in [2.75, 3.05) is 31.6 Å². The number of rotatable bonds is 4. The average molecular weight is 432 g/mol. The first-order chi connectivity index (χ1) is 14.5. The molecule has 0 aromatic carbocycles. The molecule has 0 bridgehead atoms. The van der Waals surface area contributed by atoms with Crippen LogP contribution in [0.4, 0.5) is 15.4 Å². The molecule has 0 spiro atoms. The normalized spacial score (nSPS) is 17.3. The zero-order chi connectivity index (χ0) is 21.1. The Hall–Kier alpha value is -2.91. The number of pyridine rings is 2. The topological polar surface area (TPSA) is 96.9 Å². The molecule has 158 valence electrons. The largest absolute Gasteiger partial charge is 0.455 e. The van der Waals surface area contributed by atoms with Crippen LogP contribution in [0.5, 0.6) is 11.5 Å². The number of amides is 4. The highest BCUT2D eigenvalue weighted by atomic mass is 35.5. The molecule has 4 rings (SSSR count). The summed E-state index contributed by atoms with van der Waals surface area (Å²) in [5, 5.41) is 3.02. The molecule has 0 aliphatic carbocycles. The molecule has 2 fully saturated rings. The van der Waals surface area contributed by atoms with Crippen LogP contribution in [0.25, 0.3) is 0 Å². The smallest absolute Gasteiger partial charge is 0.331 e. The van der Waals surface area contributed by atoms with Gasteiger partial charge in [0.1, 0.15) is 22.5 Å². The molecule has 9 nitrogen and oxygen atoms in total. The third-order valence-corrected chi connectivity index (χ3v) is 5.32. The number of carbonyl (C=O) groups is 2. The predicted molar refractivity (Wildman–Crippen MR) is 110 cm³/mol. The van der Waals surface area contributed by atoms with E-state index in [2.05, 4.69) is 15.3 Å². The highest BCUT2D eigenvalue weighted by molar-refractivity contribution is 6.29. The molecule has 4 heterocycles. The van der Waals surface area contributed by atoms with Crippen molar-refractivity contribution < 1.29 is 19.1 Å². The molecule has 2 aromatic rings. The maximum Gasteiger partial charge on any atom is 0.331 e. The zero-order valence-corrected chi connectivity index (χ0v) is 17.3. The SMILES string of the molecule is Cc1nc(NC(=O)N2CCN(C3CCOCC3)C2=O)ccc1Oc1ccnc(Cl)c1. The van der Waals surface area contributed by atoms with Crippen LogP contribution in [0.3, 0.4) is 0 Å². The maximum absolute atomic E-state index is 12.7. The zero-order valence-electron chi connectivity index (χ0n) is 16.5. The fourth-order valence-electron chi connectivity index (χ4n) is 3.56. The first-order valence-corrected chi connectivity index (χ1v) is 10.1. The highest BCUT2D eigenvalue weighted by Crippen LogP contribution is 2.26. The Bertz CT molecular complexity index is 951. The first kappa shape index (κ1) is 20.4. The summed E-state index contributed by atoms with van der Waals surface area (Å²) in [7, 11) is 0. The number of halogens is 1. The fraction of sp³-hybridized carbons (Fsp3) is 0.400. The Morgan fingerprint density at radius 2 is 2.07 bits per heavy atom. The summed E-state index contributed by atoms with van der Waals surface area (Å²) in [5.74, 6) is 1.40. The van der Waals surface area contributed by atoms with Gasteiger partial charge in [-0.05, 0) is 38.0 Å². The number of hydrogen-bond donors (Lipinski definition) is 1. The molecule has 2 aliphatic rings. The lowest BCUT2D eigenvalue weighted by molar-refractivity contribution is 0.0510. The van der Waals surface area contributed by atoms with Gasteiger partial charge in [-0.15, -0.1) is 0 Å². The molecule has 0 radical (unpaired) electrons. The van der Waals surface area contributed by atoms with E-state index < -0.39 is 6.03 Å². The average Bonchev–Trinajstić information content (AvgIpc) is 3.12. The summed E-state index contributed by atoms with van der Waals surface area (Å²) in [5.41, 5.74) is 0.581. The Morgan fingerprint density at radius 3 is 2.80 bits per heavy atom. The number of urea groups is 2. The van der Waals surface area contributed by atoms with Crippen molar-refractivity contribution in [1.29, 1.82) is 0 Å². The van der Waals surface area contributed by atoms with E-state index in [9.17, 15) is 9.59 Å². The summed E-state index contributed by atoms with van der Waals surface area (Å²) >= 11 is 5.87. The predicted octanol–water partition coefficient (Wildman–Crippen LogP) is 3.68. The first-order valence-electron chi connectivity index (χ1n) is 9.75. The van der Waals surface area contributed by atoms with E-state index in [4.69, 9.17) is 21.1 Å². The van der Waals surface area contributed by atoms with Crippen LogP contribution < -0.4 is 10.1 Å². The van der Waals surface area contributed by atoms with Gasteiger partial charge in [0.15, 0.2) is 0 Å². The molecule has 0 saturated carbocycles. The van der Waals surface area contributed by atoms with Gasteiger partial charge in [-0.3, -0.25) is 5.32 Å². The van der Waals surface area contributed by atoms with Crippen LogP contribution in [0, 0.1) is 6.92 Å². The number of anilines is 1. The van der Waals surface area contributed by atoms with Crippen molar-refractivity contribution in [3.8, 4) is 11.5 Å². The maximum atomic E-state index is 12.7. The number of aryl methyl sites for hydroxylation is 1. The number of aromatic nitrogens is 2. The fourth-order valence-corrected chi connectivity index (χ4v) is 3.72. The highest BCUT2D eigenvalue weighted by Gasteiger charge is 2.37. The van der Waals surface area contributed by atoms with Gasteiger partial charge in [-0.2, -0.15) is 0 Å². The van der Waals surface area contributed by atoms with Crippen molar-refractivity contribution in [3.63, 3.8) is 0 Å². The van der Waals surface area contributed by atoms with Gasteiger partial charge >= 0.3 is 12.1 Å². The van der Waals surface area contributed by atoms with E-state index in [1.165, 1.54) is 4.90 Å². The van der Waals surface area contributed by atoms with E-state index in [-0.39, 0.29) is 12.1 Å². The Labute approximate surface area is 178 Å². The molecule has 0 atom stereocenters. The van der Waals surface area contributed by atoms with Crippen molar-refractivity contribution in [3.05, 3.63) is 41.3 Å². The minimum absolute atomic E-state index is 0.127. The number of nitrogens with zero attached hydrogens (tertiary/aromatic N) is 4.